The van der Waals surface area contributed by atoms with Gasteiger partial charge >= 0.3 is 0 Å². The van der Waals surface area contributed by atoms with E-state index in [4.69, 9.17) is 4.74 Å². The fourth-order valence-electron chi connectivity index (χ4n) is 1.28. The van der Waals surface area contributed by atoms with E-state index in [1.165, 1.54) is 0 Å². The van der Waals surface area contributed by atoms with Crippen molar-refractivity contribution in [1.82, 2.24) is 0 Å². The van der Waals surface area contributed by atoms with E-state index in [1.807, 2.05) is 0 Å². The summed E-state index contributed by atoms with van der Waals surface area (Å²) < 4.78 is 5.44. The van der Waals surface area contributed by atoms with Crippen LogP contribution in [0.2, 0.25) is 0 Å². The molecule has 0 heterocycles. The lowest BCUT2D eigenvalue weighted by Gasteiger charge is -2.06. The number of hydrogen-bond donors (Lipinski definition) is 1. The maximum Gasteiger partial charge on any atom is 0.169 e. The van der Waals surface area contributed by atoms with Crippen molar-refractivity contribution in [3.8, 4) is 17.2 Å². The van der Waals surface area contributed by atoms with Gasteiger partial charge in [-0.05, 0) is 36.4 Å². The van der Waals surface area contributed by atoms with Crippen LogP contribution in [0.5, 0.6) is 17.2 Å². The molecule has 0 aliphatic carbocycles. The van der Waals surface area contributed by atoms with Gasteiger partial charge in [-0.25, -0.2) is 0 Å². The Hall–Kier alpha value is -2.29. The lowest BCUT2D eigenvalue weighted by atomic mass is 10.2. The van der Waals surface area contributed by atoms with Gasteiger partial charge in [0.2, 0.25) is 0 Å². The molecule has 0 radical (unpaired) electrons. The van der Waals surface area contributed by atoms with Crippen molar-refractivity contribution in [2.75, 3.05) is 0 Å². The number of carbonyl (C=O) groups excluding carboxylic acids is 1. The molecule has 0 saturated heterocycles. The molecular formula is C13H10O3. The Morgan fingerprint density at radius 3 is 2.31 bits per heavy atom. The largest absolute Gasteiger partial charge is 0.504 e. The fraction of sp³-hybridized carbons (Fsp3) is 0. The maximum atomic E-state index is 10.4. The molecule has 3 nitrogen and oxygen atoms in total. The van der Waals surface area contributed by atoms with E-state index < -0.39 is 0 Å². The van der Waals surface area contributed by atoms with Gasteiger partial charge in [0.25, 0.3) is 0 Å². The summed E-state index contributed by atoms with van der Waals surface area (Å²) in [5.41, 5.74) is 0.588. The van der Waals surface area contributed by atoms with Crippen LogP contribution < -0.4 is 4.74 Å². The highest BCUT2D eigenvalue weighted by Crippen LogP contribution is 2.29. The predicted molar refractivity (Wildman–Crippen MR) is 60.0 cm³/mol. The van der Waals surface area contributed by atoms with Crippen molar-refractivity contribution in [3.63, 3.8) is 0 Å². The highest BCUT2D eigenvalue weighted by atomic mass is 16.5. The van der Waals surface area contributed by atoms with Crippen molar-refractivity contribution in [2.24, 2.45) is 0 Å². The third kappa shape index (κ3) is 2.20. The van der Waals surface area contributed by atoms with Crippen LogP contribution in [0.4, 0.5) is 0 Å². The molecule has 0 aliphatic heterocycles. The van der Waals surface area contributed by atoms with Gasteiger partial charge in [-0.3, -0.25) is 4.79 Å². The van der Waals surface area contributed by atoms with Crippen molar-refractivity contribution < 1.29 is 14.6 Å². The fourth-order valence-corrected chi connectivity index (χ4v) is 1.28. The monoisotopic (exact) mass is 214 g/mol. The predicted octanol–water partition coefficient (Wildman–Crippen LogP) is 3.00. The van der Waals surface area contributed by atoms with E-state index in [0.717, 1.165) is 6.29 Å². The smallest absolute Gasteiger partial charge is 0.169 e. The molecule has 0 amide bonds. The second-order valence-corrected chi connectivity index (χ2v) is 3.26. The minimum absolute atomic E-state index is 0.0852. The summed E-state index contributed by atoms with van der Waals surface area (Å²) in [5.74, 6) is 1.05. The van der Waals surface area contributed by atoms with Gasteiger partial charge in [-0.1, -0.05) is 12.1 Å². The SMILES string of the molecule is O=Cc1ccc(Oc2ccccc2O)cc1. The van der Waals surface area contributed by atoms with Crippen molar-refractivity contribution >= 4 is 6.29 Å². The van der Waals surface area contributed by atoms with E-state index in [0.29, 0.717) is 17.1 Å². The first-order chi connectivity index (χ1) is 7.79. The van der Waals surface area contributed by atoms with Crippen molar-refractivity contribution in [3.05, 3.63) is 54.1 Å². The quantitative estimate of drug-likeness (QED) is 0.799. The van der Waals surface area contributed by atoms with Crippen LogP contribution in [0.1, 0.15) is 10.4 Å². The number of benzene rings is 2. The number of hydrogen-bond acceptors (Lipinski definition) is 3. The summed E-state index contributed by atoms with van der Waals surface area (Å²) in [7, 11) is 0. The third-order valence-corrected chi connectivity index (χ3v) is 2.11. The van der Waals surface area contributed by atoms with E-state index in [1.54, 1.807) is 48.5 Å². The van der Waals surface area contributed by atoms with Gasteiger partial charge in [0.1, 0.15) is 12.0 Å². The number of aromatic hydroxyl groups is 1. The topological polar surface area (TPSA) is 46.5 Å². The average molecular weight is 214 g/mol. The molecule has 2 rings (SSSR count). The number of aldehydes is 1. The lowest BCUT2D eigenvalue weighted by Crippen LogP contribution is -1.85. The summed E-state index contributed by atoms with van der Waals surface area (Å²) >= 11 is 0. The van der Waals surface area contributed by atoms with Crippen LogP contribution in [0.25, 0.3) is 0 Å². The summed E-state index contributed by atoms with van der Waals surface area (Å²) in [6.45, 7) is 0. The summed E-state index contributed by atoms with van der Waals surface area (Å²) in [6, 6.07) is 13.4. The first-order valence-electron chi connectivity index (χ1n) is 4.80. The van der Waals surface area contributed by atoms with Gasteiger partial charge in [0, 0.05) is 5.56 Å². The zero-order valence-corrected chi connectivity index (χ0v) is 8.46. The Morgan fingerprint density at radius 1 is 1.00 bits per heavy atom. The minimum Gasteiger partial charge on any atom is -0.504 e. The molecule has 1 N–H and O–H groups in total. The normalized spacial score (nSPS) is 9.75. The molecule has 2 aromatic rings. The Kier molecular flexibility index (Phi) is 2.87. The van der Waals surface area contributed by atoms with Crippen LogP contribution in [-0.2, 0) is 0 Å². The van der Waals surface area contributed by atoms with Gasteiger partial charge in [0.05, 0.1) is 0 Å². The average Bonchev–Trinajstić information content (AvgIpc) is 2.33. The third-order valence-electron chi connectivity index (χ3n) is 2.11. The number of phenolic OH excluding ortho intramolecular Hbond substituents is 1. The standard InChI is InChI=1S/C13H10O3/c14-9-10-5-7-11(8-6-10)16-13-4-2-1-3-12(13)15/h1-9,15H. The molecule has 0 aromatic heterocycles. The van der Waals surface area contributed by atoms with Crippen LogP contribution in [0.3, 0.4) is 0 Å². The Balaban J connectivity index is 2.21. The maximum absolute atomic E-state index is 10.4. The van der Waals surface area contributed by atoms with Crippen molar-refractivity contribution in [2.45, 2.75) is 0 Å². The van der Waals surface area contributed by atoms with Crippen LogP contribution in [-0.4, -0.2) is 11.4 Å². The summed E-state index contributed by atoms with van der Waals surface area (Å²) in [4.78, 5) is 10.4. The zero-order chi connectivity index (χ0) is 11.4. The number of rotatable bonds is 3. The molecular weight excluding hydrogens is 204 g/mol. The number of phenols is 1. The number of para-hydroxylation sites is 2. The molecule has 0 unspecified atom stereocenters. The van der Waals surface area contributed by atoms with Crippen LogP contribution in [0.15, 0.2) is 48.5 Å². The Labute approximate surface area is 92.9 Å². The lowest BCUT2D eigenvalue weighted by molar-refractivity contribution is 0.112. The second-order valence-electron chi connectivity index (χ2n) is 3.26. The molecule has 80 valence electrons. The zero-order valence-electron chi connectivity index (χ0n) is 8.46. The highest BCUT2D eigenvalue weighted by molar-refractivity contribution is 5.74. The highest BCUT2D eigenvalue weighted by Gasteiger charge is 2.01. The molecule has 0 spiro atoms. The van der Waals surface area contributed by atoms with Gasteiger partial charge in [-0.15, -0.1) is 0 Å². The van der Waals surface area contributed by atoms with Gasteiger partial charge < -0.3 is 9.84 Å². The first-order valence-corrected chi connectivity index (χ1v) is 4.80. The molecule has 0 saturated carbocycles. The van der Waals surface area contributed by atoms with Gasteiger partial charge in [0.15, 0.2) is 11.5 Å². The molecule has 0 aliphatic rings. The molecule has 0 bridgehead atoms. The summed E-state index contributed by atoms with van der Waals surface area (Å²) in [6.07, 6.45) is 0.768. The number of carbonyl (C=O) groups is 1. The van der Waals surface area contributed by atoms with Crippen LogP contribution >= 0.6 is 0 Å². The minimum atomic E-state index is 0.0852. The van der Waals surface area contributed by atoms with E-state index in [2.05, 4.69) is 0 Å². The Bertz CT molecular complexity index is 489. The van der Waals surface area contributed by atoms with Gasteiger partial charge in [-0.2, -0.15) is 0 Å². The number of ether oxygens (including phenoxy) is 1. The first kappa shape index (κ1) is 10.2. The molecule has 2 aromatic carbocycles. The second kappa shape index (κ2) is 4.49. The van der Waals surface area contributed by atoms with E-state index in [9.17, 15) is 9.90 Å². The van der Waals surface area contributed by atoms with E-state index >= 15 is 0 Å². The summed E-state index contributed by atoms with van der Waals surface area (Å²) in [5, 5.41) is 9.49. The van der Waals surface area contributed by atoms with Crippen molar-refractivity contribution in [1.29, 1.82) is 0 Å². The molecule has 16 heavy (non-hydrogen) atoms. The van der Waals surface area contributed by atoms with Crippen LogP contribution in [0, 0.1) is 0 Å². The molecule has 0 fully saturated rings. The van der Waals surface area contributed by atoms with E-state index in [-0.39, 0.29) is 5.75 Å². The molecule has 0 atom stereocenters. The molecule has 3 heteroatoms. The Morgan fingerprint density at radius 2 is 1.69 bits per heavy atom.